The largest absolute Gasteiger partial charge is 0.310 e. The minimum absolute atomic E-state index is 1.11. The molecule has 222 valence electrons. The van der Waals surface area contributed by atoms with E-state index in [1.165, 1.54) is 55.3 Å². The number of fused-ring (bicyclic) bond motifs is 1. The van der Waals surface area contributed by atoms with Crippen LogP contribution in [0.3, 0.4) is 0 Å². The number of para-hydroxylation sites is 1. The van der Waals surface area contributed by atoms with Gasteiger partial charge >= 0.3 is 0 Å². The summed E-state index contributed by atoms with van der Waals surface area (Å²) in [6.07, 6.45) is 0. The van der Waals surface area contributed by atoms with Crippen molar-refractivity contribution in [1.29, 1.82) is 0 Å². The highest BCUT2D eigenvalue weighted by molar-refractivity contribution is 5.98. The third-order valence-corrected chi connectivity index (χ3v) is 8.89. The van der Waals surface area contributed by atoms with Crippen molar-refractivity contribution in [2.45, 2.75) is 0 Å². The standard InChI is InChI=1S/C46H33N/c1-3-15-34(16-4-1)36-27-30-39(31-28-36)47(40-32-29-35-17-7-8-20-38(35)33-40)46-26-14-13-25-45(46)44-24-12-11-23-43(44)42-22-10-9-21-41(42)37-18-5-2-6-19-37/h1-33H. The van der Waals surface area contributed by atoms with Crippen LogP contribution in [0.1, 0.15) is 0 Å². The van der Waals surface area contributed by atoms with Crippen LogP contribution in [0.15, 0.2) is 200 Å². The number of rotatable bonds is 7. The van der Waals surface area contributed by atoms with Gasteiger partial charge in [-0.2, -0.15) is 0 Å². The summed E-state index contributed by atoms with van der Waals surface area (Å²) in [4.78, 5) is 2.40. The molecule has 8 aromatic rings. The van der Waals surface area contributed by atoms with Crippen LogP contribution in [0.2, 0.25) is 0 Å². The van der Waals surface area contributed by atoms with Crippen LogP contribution in [0.4, 0.5) is 17.1 Å². The molecule has 0 atom stereocenters. The fourth-order valence-corrected chi connectivity index (χ4v) is 6.61. The van der Waals surface area contributed by atoms with Gasteiger partial charge in [-0.15, -0.1) is 0 Å². The van der Waals surface area contributed by atoms with Crippen molar-refractivity contribution in [2.24, 2.45) is 0 Å². The Bertz CT molecular complexity index is 2290. The van der Waals surface area contributed by atoms with E-state index in [1.807, 2.05) is 0 Å². The molecule has 1 heteroatoms. The van der Waals surface area contributed by atoms with Gasteiger partial charge in [0.1, 0.15) is 0 Å². The molecule has 0 radical (unpaired) electrons. The Morgan fingerprint density at radius 2 is 0.702 bits per heavy atom. The van der Waals surface area contributed by atoms with Gasteiger partial charge in [-0.3, -0.25) is 0 Å². The Labute approximate surface area is 276 Å². The molecule has 8 aromatic carbocycles. The van der Waals surface area contributed by atoms with Crippen LogP contribution in [0, 0.1) is 0 Å². The first-order valence-electron chi connectivity index (χ1n) is 16.1. The van der Waals surface area contributed by atoms with E-state index in [-0.39, 0.29) is 0 Å². The van der Waals surface area contributed by atoms with Crippen molar-refractivity contribution in [3.63, 3.8) is 0 Å². The lowest BCUT2D eigenvalue weighted by Gasteiger charge is -2.29. The third kappa shape index (κ3) is 5.60. The van der Waals surface area contributed by atoms with Gasteiger partial charge in [0.05, 0.1) is 5.69 Å². The Balaban J connectivity index is 1.32. The quantitative estimate of drug-likeness (QED) is 0.176. The number of hydrogen-bond acceptors (Lipinski definition) is 1. The van der Waals surface area contributed by atoms with Gasteiger partial charge in [-0.25, -0.2) is 0 Å². The van der Waals surface area contributed by atoms with Crippen LogP contribution in [-0.4, -0.2) is 0 Å². The van der Waals surface area contributed by atoms with Crippen molar-refractivity contribution >= 4 is 27.8 Å². The summed E-state index contributed by atoms with van der Waals surface area (Å²) in [5.74, 6) is 0. The molecular formula is C46H33N. The van der Waals surface area contributed by atoms with E-state index in [2.05, 4.69) is 205 Å². The maximum Gasteiger partial charge on any atom is 0.0540 e. The van der Waals surface area contributed by atoms with Crippen molar-refractivity contribution in [2.75, 3.05) is 4.90 Å². The second kappa shape index (κ2) is 12.7. The molecule has 0 bridgehead atoms. The highest BCUT2D eigenvalue weighted by Crippen LogP contribution is 2.45. The summed E-state index contributed by atoms with van der Waals surface area (Å²) >= 11 is 0. The summed E-state index contributed by atoms with van der Waals surface area (Å²) in [6.45, 7) is 0. The molecule has 0 unspecified atom stereocenters. The zero-order chi connectivity index (χ0) is 31.4. The topological polar surface area (TPSA) is 3.24 Å². The highest BCUT2D eigenvalue weighted by Gasteiger charge is 2.20. The first-order chi connectivity index (χ1) is 23.3. The van der Waals surface area contributed by atoms with Crippen LogP contribution < -0.4 is 4.90 Å². The molecular weight excluding hydrogens is 567 g/mol. The van der Waals surface area contributed by atoms with Gasteiger partial charge in [0, 0.05) is 16.9 Å². The van der Waals surface area contributed by atoms with Crippen LogP contribution in [-0.2, 0) is 0 Å². The minimum atomic E-state index is 1.11. The normalized spacial score (nSPS) is 11.0. The Morgan fingerprint density at radius 3 is 1.38 bits per heavy atom. The summed E-state index contributed by atoms with van der Waals surface area (Å²) in [5.41, 5.74) is 13.0. The van der Waals surface area contributed by atoms with Crippen molar-refractivity contribution in [1.82, 2.24) is 0 Å². The summed E-state index contributed by atoms with van der Waals surface area (Å²) in [7, 11) is 0. The van der Waals surface area contributed by atoms with Crippen LogP contribution in [0.5, 0.6) is 0 Å². The van der Waals surface area contributed by atoms with E-state index in [0.29, 0.717) is 0 Å². The minimum Gasteiger partial charge on any atom is -0.310 e. The summed E-state index contributed by atoms with van der Waals surface area (Å²) in [5, 5.41) is 2.44. The Kier molecular flexibility index (Phi) is 7.63. The Morgan fingerprint density at radius 1 is 0.255 bits per heavy atom. The van der Waals surface area contributed by atoms with Gasteiger partial charge in [0.25, 0.3) is 0 Å². The monoisotopic (exact) mass is 599 g/mol. The van der Waals surface area contributed by atoms with Gasteiger partial charge in [-0.1, -0.05) is 170 Å². The lowest BCUT2D eigenvalue weighted by Crippen LogP contribution is -2.11. The van der Waals surface area contributed by atoms with Gasteiger partial charge in [-0.05, 0) is 80.0 Å². The molecule has 0 aliphatic rings. The second-order valence-corrected chi connectivity index (χ2v) is 11.8. The average Bonchev–Trinajstić information content (AvgIpc) is 3.16. The molecule has 8 rings (SSSR count). The molecule has 0 amide bonds. The van der Waals surface area contributed by atoms with E-state index in [1.54, 1.807) is 0 Å². The van der Waals surface area contributed by atoms with E-state index < -0.39 is 0 Å². The third-order valence-electron chi connectivity index (χ3n) is 8.89. The number of nitrogens with zero attached hydrogens (tertiary/aromatic N) is 1. The Hall–Kier alpha value is -6.18. The molecule has 0 aromatic heterocycles. The number of hydrogen-bond donors (Lipinski definition) is 0. The molecule has 0 spiro atoms. The highest BCUT2D eigenvalue weighted by atomic mass is 15.1. The van der Waals surface area contributed by atoms with Gasteiger partial charge in [0.15, 0.2) is 0 Å². The van der Waals surface area contributed by atoms with E-state index in [4.69, 9.17) is 0 Å². The lowest BCUT2D eigenvalue weighted by molar-refractivity contribution is 1.29. The number of anilines is 3. The fourth-order valence-electron chi connectivity index (χ4n) is 6.61. The summed E-state index contributed by atoms with van der Waals surface area (Å²) < 4.78 is 0. The fraction of sp³-hybridized carbons (Fsp3) is 0. The zero-order valence-electron chi connectivity index (χ0n) is 26.0. The summed E-state index contributed by atoms with van der Waals surface area (Å²) in [6, 6.07) is 71.8. The second-order valence-electron chi connectivity index (χ2n) is 11.8. The smallest absolute Gasteiger partial charge is 0.0540 e. The molecule has 0 heterocycles. The van der Waals surface area contributed by atoms with E-state index >= 15 is 0 Å². The predicted molar refractivity (Wildman–Crippen MR) is 200 cm³/mol. The molecule has 0 N–H and O–H groups in total. The SMILES string of the molecule is c1ccc(-c2ccc(N(c3ccc4ccccc4c3)c3ccccc3-c3ccccc3-c3ccccc3-c3ccccc3)cc2)cc1. The molecule has 0 saturated carbocycles. The lowest BCUT2D eigenvalue weighted by atomic mass is 9.88. The molecule has 0 aliphatic heterocycles. The number of benzene rings is 8. The molecule has 0 aliphatic carbocycles. The molecule has 0 saturated heterocycles. The first kappa shape index (κ1) is 28.3. The van der Waals surface area contributed by atoms with Crippen molar-refractivity contribution in [3.8, 4) is 44.5 Å². The molecule has 0 fully saturated rings. The first-order valence-corrected chi connectivity index (χ1v) is 16.1. The zero-order valence-corrected chi connectivity index (χ0v) is 26.0. The predicted octanol–water partition coefficient (Wildman–Crippen LogP) is 13.0. The van der Waals surface area contributed by atoms with Gasteiger partial charge in [0.2, 0.25) is 0 Å². The average molecular weight is 600 g/mol. The van der Waals surface area contributed by atoms with E-state index in [9.17, 15) is 0 Å². The molecule has 47 heavy (non-hydrogen) atoms. The molecule has 1 nitrogen and oxygen atoms in total. The van der Waals surface area contributed by atoms with Crippen molar-refractivity contribution in [3.05, 3.63) is 200 Å². The maximum absolute atomic E-state index is 2.40. The van der Waals surface area contributed by atoms with Gasteiger partial charge < -0.3 is 4.90 Å². The van der Waals surface area contributed by atoms with E-state index in [0.717, 1.165) is 17.1 Å². The van der Waals surface area contributed by atoms with Crippen LogP contribution in [0.25, 0.3) is 55.3 Å². The van der Waals surface area contributed by atoms with Crippen LogP contribution >= 0.6 is 0 Å². The maximum atomic E-state index is 2.40. The van der Waals surface area contributed by atoms with Crippen molar-refractivity contribution < 1.29 is 0 Å².